The molecule has 0 N–H and O–H groups in total. The van der Waals surface area contributed by atoms with Gasteiger partial charge in [0.1, 0.15) is 5.75 Å². The SMILES string of the molecule is O=C(c1ccc(OC(F)(F)F)cc1)N1CCN(Cc2ccc(Br)s2)CC1. The van der Waals surface area contributed by atoms with Crippen molar-refractivity contribution in [2.45, 2.75) is 12.9 Å². The molecule has 0 atom stereocenters. The lowest BCUT2D eigenvalue weighted by Gasteiger charge is -2.34. The number of amides is 1. The predicted molar refractivity (Wildman–Crippen MR) is 96.3 cm³/mol. The van der Waals surface area contributed by atoms with Gasteiger partial charge in [0.15, 0.2) is 0 Å². The lowest BCUT2D eigenvalue weighted by Crippen LogP contribution is -2.48. The molecular formula is C17H16BrF3N2O2S. The van der Waals surface area contributed by atoms with Crippen molar-refractivity contribution in [1.29, 1.82) is 0 Å². The Balaban J connectivity index is 1.53. The standard InChI is InChI=1S/C17H16BrF3N2O2S/c18-15-6-5-14(26-15)11-22-7-9-23(10-8-22)16(24)12-1-3-13(4-2-12)25-17(19,20)21/h1-6H,7-11H2. The Morgan fingerprint density at radius 3 is 2.27 bits per heavy atom. The summed E-state index contributed by atoms with van der Waals surface area (Å²) in [4.78, 5) is 17.8. The average molecular weight is 449 g/mol. The molecule has 0 radical (unpaired) electrons. The van der Waals surface area contributed by atoms with Gasteiger partial charge >= 0.3 is 6.36 Å². The molecule has 0 unspecified atom stereocenters. The van der Waals surface area contributed by atoms with Crippen molar-refractivity contribution in [3.05, 3.63) is 50.6 Å². The molecule has 26 heavy (non-hydrogen) atoms. The smallest absolute Gasteiger partial charge is 0.406 e. The molecule has 0 bridgehead atoms. The van der Waals surface area contributed by atoms with E-state index < -0.39 is 6.36 Å². The van der Waals surface area contributed by atoms with Crippen LogP contribution >= 0.6 is 27.3 Å². The second-order valence-corrected chi connectivity index (χ2v) is 8.39. The highest BCUT2D eigenvalue weighted by Gasteiger charge is 2.31. The third kappa shape index (κ3) is 5.21. The Hall–Kier alpha value is -1.58. The predicted octanol–water partition coefficient (Wildman–Crippen LogP) is 4.37. The van der Waals surface area contributed by atoms with E-state index >= 15 is 0 Å². The first kappa shape index (κ1) is 19.2. The van der Waals surface area contributed by atoms with Crippen LogP contribution in [0.2, 0.25) is 0 Å². The molecule has 1 aliphatic rings. The number of hydrogen-bond donors (Lipinski definition) is 0. The van der Waals surface area contributed by atoms with Crippen LogP contribution in [0.4, 0.5) is 13.2 Å². The van der Waals surface area contributed by atoms with Crippen molar-refractivity contribution in [3.8, 4) is 5.75 Å². The largest absolute Gasteiger partial charge is 0.573 e. The van der Waals surface area contributed by atoms with Gasteiger partial charge in [-0.3, -0.25) is 9.69 Å². The van der Waals surface area contributed by atoms with Gasteiger partial charge in [-0.15, -0.1) is 24.5 Å². The van der Waals surface area contributed by atoms with Crippen LogP contribution in [0.25, 0.3) is 0 Å². The monoisotopic (exact) mass is 448 g/mol. The minimum absolute atomic E-state index is 0.179. The molecule has 0 aliphatic carbocycles. The van der Waals surface area contributed by atoms with Crippen LogP contribution < -0.4 is 4.74 Å². The maximum atomic E-state index is 12.5. The number of carbonyl (C=O) groups is 1. The molecule has 0 saturated carbocycles. The maximum Gasteiger partial charge on any atom is 0.573 e. The number of ether oxygens (including phenoxy) is 1. The van der Waals surface area contributed by atoms with Gasteiger partial charge in [-0.05, 0) is 52.3 Å². The van der Waals surface area contributed by atoms with E-state index in [1.807, 2.05) is 6.07 Å². The second kappa shape index (κ2) is 7.98. The third-order valence-electron chi connectivity index (χ3n) is 4.00. The number of piperazine rings is 1. The van der Waals surface area contributed by atoms with Crippen LogP contribution in [0.15, 0.2) is 40.2 Å². The van der Waals surface area contributed by atoms with Crippen molar-refractivity contribution < 1.29 is 22.7 Å². The Labute approximate surface area is 161 Å². The molecule has 4 nitrogen and oxygen atoms in total. The first-order chi connectivity index (χ1) is 12.3. The van der Waals surface area contributed by atoms with Crippen LogP contribution in [0.1, 0.15) is 15.2 Å². The van der Waals surface area contributed by atoms with Crippen LogP contribution in [0, 0.1) is 0 Å². The van der Waals surface area contributed by atoms with E-state index in [-0.39, 0.29) is 11.7 Å². The van der Waals surface area contributed by atoms with E-state index in [2.05, 4.69) is 31.6 Å². The van der Waals surface area contributed by atoms with Crippen LogP contribution in [-0.2, 0) is 6.54 Å². The van der Waals surface area contributed by atoms with Crippen LogP contribution in [-0.4, -0.2) is 48.2 Å². The minimum atomic E-state index is -4.74. The number of alkyl halides is 3. The Bertz CT molecular complexity index is 756. The number of carbonyl (C=O) groups excluding carboxylic acids is 1. The fourth-order valence-electron chi connectivity index (χ4n) is 2.75. The molecule has 1 amide bonds. The summed E-state index contributed by atoms with van der Waals surface area (Å²) in [6, 6.07) is 9.14. The Morgan fingerprint density at radius 2 is 1.73 bits per heavy atom. The molecule has 9 heteroatoms. The molecule has 2 heterocycles. The molecule has 1 aromatic heterocycles. The zero-order chi connectivity index (χ0) is 18.7. The van der Waals surface area contributed by atoms with Gasteiger partial charge in [-0.2, -0.15) is 0 Å². The van der Waals surface area contributed by atoms with Gasteiger partial charge < -0.3 is 9.64 Å². The highest BCUT2D eigenvalue weighted by atomic mass is 79.9. The zero-order valence-electron chi connectivity index (χ0n) is 13.6. The third-order valence-corrected chi connectivity index (χ3v) is 5.61. The summed E-state index contributed by atoms with van der Waals surface area (Å²) in [6.07, 6.45) is -4.74. The number of hydrogen-bond acceptors (Lipinski definition) is 4. The topological polar surface area (TPSA) is 32.8 Å². The lowest BCUT2D eigenvalue weighted by atomic mass is 10.1. The fourth-order valence-corrected chi connectivity index (χ4v) is 4.27. The van der Waals surface area contributed by atoms with E-state index in [1.165, 1.54) is 17.0 Å². The summed E-state index contributed by atoms with van der Waals surface area (Å²) in [6.45, 7) is 3.55. The molecular weight excluding hydrogens is 433 g/mol. The number of thiophene rings is 1. The molecule has 1 saturated heterocycles. The fraction of sp³-hybridized carbons (Fsp3) is 0.353. The Morgan fingerprint density at radius 1 is 1.08 bits per heavy atom. The van der Waals surface area contributed by atoms with Gasteiger partial charge in [0.2, 0.25) is 0 Å². The lowest BCUT2D eigenvalue weighted by molar-refractivity contribution is -0.274. The molecule has 1 aliphatic heterocycles. The first-order valence-electron chi connectivity index (χ1n) is 7.92. The summed E-state index contributed by atoms with van der Waals surface area (Å²) >= 11 is 5.14. The van der Waals surface area contributed by atoms with E-state index in [0.717, 1.165) is 35.6 Å². The van der Waals surface area contributed by atoms with Crippen LogP contribution in [0.3, 0.4) is 0 Å². The van der Waals surface area contributed by atoms with E-state index in [4.69, 9.17) is 0 Å². The summed E-state index contributed by atoms with van der Waals surface area (Å²) in [5.41, 5.74) is 0.357. The van der Waals surface area contributed by atoms with Gasteiger partial charge in [0, 0.05) is 43.2 Å². The quantitative estimate of drug-likeness (QED) is 0.696. The van der Waals surface area contributed by atoms with Crippen molar-refractivity contribution in [2.75, 3.05) is 26.2 Å². The first-order valence-corrected chi connectivity index (χ1v) is 9.53. The van der Waals surface area contributed by atoms with E-state index in [0.29, 0.717) is 18.7 Å². The van der Waals surface area contributed by atoms with Gasteiger partial charge in [0.25, 0.3) is 5.91 Å². The molecule has 2 aromatic rings. The summed E-state index contributed by atoms with van der Waals surface area (Å²) < 4.78 is 41.5. The molecule has 0 spiro atoms. The van der Waals surface area contributed by atoms with Gasteiger partial charge in [0.05, 0.1) is 3.79 Å². The number of halogens is 4. The molecule has 3 rings (SSSR count). The number of rotatable bonds is 4. The molecule has 140 valence electrons. The van der Waals surface area contributed by atoms with E-state index in [1.54, 1.807) is 16.2 Å². The average Bonchev–Trinajstić information content (AvgIpc) is 2.99. The Kier molecular flexibility index (Phi) is 5.89. The summed E-state index contributed by atoms with van der Waals surface area (Å²) in [5.74, 6) is -0.511. The number of nitrogens with zero attached hydrogens (tertiary/aromatic N) is 2. The van der Waals surface area contributed by atoms with Crippen molar-refractivity contribution in [2.24, 2.45) is 0 Å². The maximum absolute atomic E-state index is 12.5. The summed E-state index contributed by atoms with van der Waals surface area (Å²) in [7, 11) is 0. The van der Waals surface area contributed by atoms with Gasteiger partial charge in [-0.25, -0.2) is 0 Å². The molecule has 1 aromatic carbocycles. The van der Waals surface area contributed by atoms with Crippen molar-refractivity contribution in [3.63, 3.8) is 0 Å². The number of benzene rings is 1. The highest BCUT2D eigenvalue weighted by molar-refractivity contribution is 9.11. The molecule has 1 fully saturated rings. The van der Waals surface area contributed by atoms with Gasteiger partial charge in [-0.1, -0.05) is 0 Å². The van der Waals surface area contributed by atoms with Crippen LogP contribution in [0.5, 0.6) is 5.75 Å². The minimum Gasteiger partial charge on any atom is -0.406 e. The van der Waals surface area contributed by atoms with E-state index in [9.17, 15) is 18.0 Å². The normalized spacial score (nSPS) is 15.9. The zero-order valence-corrected chi connectivity index (χ0v) is 16.0. The second-order valence-electron chi connectivity index (χ2n) is 5.85. The van der Waals surface area contributed by atoms with Crippen molar-refractivity contribution in [1.82, 2.24) is 9.80 Å². The summed E-state index contributed by atoms with van der Waals surface area (Å²) in [5, 5.41) is 0. The highest BCUT2D eigenvalue weighted by Crippen LogP contribution is 2.25. The van der Waals surface area contributed by atoms with Crippen molar-refractivity contribution >= 4 is 33.2 Å².